The summed E-state index contributed by atoms with van der Waals surface area (Å²) in [6.07, 6.45) is 6.80. The van der Waals surface area contributed by atoms with Crippen molar-refractivity contribution in [2.75, 3.05) is 13.2 Å². The van der Waals surface area contributed by atoms with E-state index in [1.54, 1.807) is 12.2 Å². The summed E-state index contributed by atoms with van der Waals surface area (Å²) in [6.45, 7) is 7.49. The van der Waals surface area contributed by atoms with Crippen LogP contribution in [-0.2, 0) is 28.6 Å². The summed E-state index contributed by atoms with van der Waals surface area (Å²) in [7, 11) is 0. The van der Waals surface area contributed by atoms with Gasteiger partial charge < -0.3 is 24.4 Å². The van der Waals surface area contributed by atoms with E-state index in [0.717, 1.165) is 37.7 Å². The number of carbonyl (C=O) groups is 3. The lowest BCUT2D eigenvalue weighted by Crippen LogP contribution is -2.64. The van der Waals surface area contributed by atoms with Crippen molar-refractivity contribution in [3.05, 3.63) is 23.3 Å². The Bertz CT molecular complexity index is 1130. The number of carbonyl (C=O) groups excluding carboxylic acids is 3. The number of aliphatic hydroxyl groups is 2. The van der Waals surface area contributed by atoms with Gasteiger partial charge in [0.15, 0.2) is 5.78 Å². The highest BCUT2D eigenvalue weighted by molar-refractivity contribution is 5.98. The highest BCUT2D eigenvalue weighted by Gasteiger charge is 2.80. The Labute approximate surface area is 223 Å². The molecule has 4 aliphatic carbocycles. The molecule has 6 rings (SSSR count). The fourth-order valence-corrected chi connectivity index (χ4v) is 9.95. The lowest BCUT2D eigenvalue weighted by molar-refractivity contribution is -0.167. The van der Waals surface area contributed by atoms with Crippen LogP contribution in [0.1, 0.15) is 66.2 Å². The first-order valence-electron chi connectivity index (χ1n) is 14.2. The van der Waals surface area contributed by atoms with Crippen LogP contribution in [0, 0.1) is 40.4 Å². The molecule has 8 heteroatoms. The lowest BCUT2D eigenvalue weighted by Gasteiger charge is -2.58. The van der Waals surface area contributed by atoms with Crippen molar-refractivity contribution >= 4 is 17.7 Å². The zero-order valence-electron chi connectivity index (χ0n) is 22.8. The van der Waals surface area contributed by atoms with Gasteiger partial charge in [0.05, 0.1) is 30.3 Å². The fraction of sp³-hybridized carbons (Fsp3) is 0.767. The second-order valence-electron chi connectivity index (χ2n) is 13.0. The molecule has 2 aliphatic heterocycles. The number of esters is 2. The topological polar surface area (TPSA) is 123 Å². The maximum Gasteiger partial charge on any atom is 0.336 e. The molecule has 0 aromatic heterocycles. The predicted molar refractivity (Wildman–Crippen MR) is 135 cm³/mol. The number of epoxide rings is 1. The molecular weight excluding hydrogens is 488 g/mol. The molecule has 0 aromatic rings. The number of hydrogen-bond donors (Lipinski definition) is 2. The van der Waals surface area contributed by atoms with E-state index in [-0.39, 0.29) is 65.6 Å². The second kappa shape index (κ2) is 8.73. The van der Waals surface area contributed by atoms with Gasteiger partial charge in [-0.1, -0.05) is 12.5 Å². The SMILES string of the molecule is CC(=O)OCC12CCC3C(CC4OC45C(O)C=CC(=O)C35C)C1CCC2C(C)C1CC(C)=C(CO)C(=O)O1. The lowest BCUT2D eigenvalue weighted by atomic mass is 9.44. The van der Waals surface area contributed by atoms with Gasteiger partial charge in [-0.15, -0.1) is 0 Å². The maximum absolute atomic E-state index is 13.4. The first-order valence-corrected chi connectivity index (χ1v) is 14.2. The van der Waals surface area contributed by atoms with Crippen LogP contribution in [0.5, 0.6) is 0 Å². The van der Waals surface area contributed by atoms with Crippen molar-refractivity contribution in [1.82, 2.24) is 0 Å². The third kappa shape index (κ3) is 3.29. The number of allylic oxidation sites excluding steroid dienone is 1. The van der Waals surface area contributed by atoms with E-state index in [9.17, 15) is 24.6 Å². The Morgan fingerprint density at radius 1 is 1.24 bits per heavy atom. The Hall–Kier alpha value is -2.03. The number of cyclic esters (lactones) is 1. The van der Waals surface area contributed by atoms with Gasteiger partial charge in [0, 0.05) is 18.8 Å². The molecule has 38 heavy (non-hydrogen) atoms. The zero-order valence-corrected chi connectivity index (χ0v) is 22.8. The van der Waals surface area contributed by atoms with Crippen LogP contribution in [-0.4, -0.2) is 65.1 Å². The Kier molecular flexibility index (Phi) is 6.02. The summed E-state index contributed by atoms with van der Waals surface area (Å²) >= 11 is 0. The number of fused-ring (bicyclic) bond motifs is 4. The third-order valence-electron chi connectivity index (χ3n) is 11.8. The maximum atomic E-state index is 13.4. The van der Waals surface area contributed by atoms with Crippen LogP contribution in [0.4, 0.5) is 0 Å². The summed E-state index contributed by atoms with van der Waals surface area (Å²) in [6, 6.07) is 0. The van der Waals surface area contributed by atoms with Gasteiger partial charge in [-0.05, 0) is 87.7 Å². The summed E-state index contributed by atoms with van der Waals surface area (Å²) in [5.74, 6) is 0.0846. The van der Waals surface area contributed by atoms with Gasteiger partial charge >= 0.3 is 11.9 Å². The average molecular weight is 529 g/mol. The van der Waals surface area contributed by atoms with Gasteiger partial charge in [0.1, 0.15) is 17.8 Å². The highest BCUT2D eigenvalue weighted by Crippen LogP contribution is 2.73. The van der Waals surface area contributed by atoms with E-state index >= 15 is 0 Å². The normalized spacial score (nSPS) is 47.9. The molecule has 0 radical (unpaired) electrons. The minimum absolute atomic E-state index is 0.0442. The largest absolute Gasteiger partial charge is 0.465 e. The van der Waals surface area contributed by atoms with Gasteiger partial charge in [-0.2, -0.15) is 0 Å². The standard InChI is InChI=1S/C30H40O8/c1-15-11-23(37-27(35)19(15)13-31)16(2)20-5-6-22-18-12-26-30(38-26)25(34)8-7-24(33)28(30,4)21(18)9-10-29(20,22)14-36-17(3)32/h7-8,16,18,20-23,25-26,31,34H,5-6,9-14H2,1-4H3. The molecule has 11 atom stereocenters. The van der Waals surface area contributed by atoms with Crippen molar-refractivity contribution < 1.29 is 38.8 Å². The third-order valence-corrected chi connectivity index (χ3v) is 11.8. The fourth-order valence-electron chi connectivity index (χ4n) is 9.95. The van der Waals surface area contributed by atoms with Crippen LogP contribution >= 0.6 is 0 Å². The molecule has 11 unspecified atom stereocenters. The van der Waals surface area contributed by atoms with E-state index < -0.39 is 23.1 Å². The smallest absolute Gasteiger partial charge is 0.336 e. The Morgan fingerprint density at radius 3 is 2.68 bits per heavy atom. The molecule has 6 aliphatic rings. The summed E-state index contributed by atoms with van der Waals surface area (Å²) in [5, 5.41) is 20.5. The van der Waals surface area contributed by atoms with E-state index in [0.29, 0.717) is 18.6 Å². The van der Waals surface area contributed by atoms with E-state index in [1.165, 1.54) is 6.92 Å². The van der Waals surface area contributed by atoms with E-state index in [4.69, 9.17) is 14.2 Å². The molecule has 4 fully saturated rings. The molecule has 1 spiro atoms. The molecule has 0 aromatic carbocycles. The Balaban J connectivity index is 1.33. The number of ketones is 1. The quantitative estimate of drug-likeness (QED) is 0.413. The monoisotopic (exact) mass is 528 g/mol. The number of aliphatic hydroxyl groups excluding tert-OH is 2. The minimum Gasteiger partial charge on any atom is -0.465 e. The highest BCUT2D eigenvalue weighted by atomic mass is 16.6. The van der Waals surface area contributed by atoms with Gasteiger partial charge in [-0.25, -0.2) is 4.79 Å². The Morgan fingerprint density at radius 2 is 2.00 bits per heavy atom. The zero-order chi connectivity index (χ0) is 27.2. The molecule has 0 bridgehead atoms. The second-order valence-corrected chi connectivity index (χ2v) is 13.0. The van der Waals surface area contributed by atoms with Crippen molar-refractivity contribution in [3.8, 4) is 0 Å². The predicted octanol–water partition coefficient (Wildman–Crippen LogP) is 2.90. The summed E-state index contributed by atoms with van der Waals surface area (Å²) in [5.41, 5.74) is -0.632. The molecule has 208 valence electrons. The number of ether oxygens (including phenoxy) is 3. The van der Waals surface area contributed by atoms with E-state index in [1.807, 2.05) is 13.8 Å². The van der Waals surface area contributed by atoms with Gasteiger partial charge in [-0.3, -0.25) is 9.59 Å². The van der Waals surface area contributed by atoms with Crippen LogP contribution in [0.3, 0.4) is 0 Å². The molecule has 2 heterocycles. The molecule has 3 saturated carbocycles. The summed E-state index contributed by atoms with van der Waals surface area (Å²) < 4.78 is 17.9. The van der Waals surface area contributed by atoms with Crippen LogP contribution in [0.15, 0.2) is 23.3 Å². The molecule has 2 N–H and O–H groups in total. The first-order chi connectivity index (χ1) is 18.0. The molecule has 8 nitrogen and oxygen atoms in total. The van der Waals surface area contributed by atoms with Crippen molar-refractivity contribution in [1.29, 1.82) is 0 Å². The molecule has 0 amide bonds. The summed E-state index contributed by atoms with van der Waals surface area (Å²) in [4.78, 5) is 38.1. The average Bonchev–Trinajstić information content (AvgIpc) is 3.49. The molecular formula is C30H40O8. The molecule has 1 saturated heterocycles. The van der Waals surface area contributed by atoms with Crippen LogP contribution < -0.4 is 0 Å². The van der Waals surface area contributed by atoms with Gasteiger partial charge in [0.25, 0.3) is 0 Å². The first kappa shape index (κ1) is 26.2. The number of rotatable bonds is 5. The van der Waals surface area contributed by atoms with E-state index in [2.05, 4.69) is 6.92 Å². The van der Waals surface area contributed by atoms with Crippen molar-refractivity contribution in [3.63, 3.8) is 0 Å². The van der Waals surface area contributed by atoms with Gasteiger partial charge in [0.2, 0.25) is 0 Å². The van der Waals surface area contributed by atoms with Crippen molar-refractivity contribution in [2.24, 2.45) is 40.4 Å². The minimum atomic E-state index is -0.814. The van der Waals surface area contributed by atoms with Crippen molar-refractivity contribution in [2.45, 2.75) is 90.1 Å². The van der Waals surface area contributed by atoms with Crippen LogP contribution in [0.2, 0.25) is 0 Å². The number of hydrogen-bond acceptors (Lipinski definition) is 8. The van der Waals surface area contributed by atoms with Crippen LogP contribution in [0.25, 0.3) is 0 Å².